The van der Waals surface area contributed by atoms with Gasteiger partial charge in [0, 0.05) is 24.2 Å². The molecule has 0 radical (unpaired) electrons. The molecule has 126 valence electrons. The Kier molecular flexibility index (Phi) is 5.71. The highest BCUT2D eigenvalue weighted by atomic mass is 19.1. The predicted octanol–water partition coefficient (Wildman–Crippen LogP) is 1.58. The zero-order valence-corrected chi connectivity index (χ0v) is 13.4. The molecule has 1 saturated carbocycles. The molecule has 1 aliphatic carbocycles. The van der Waals surface area contributed by atoms with Gasteiger partial charge >= 0.3 is 0 Å². The monoisotopic (exact) mass is 321 g/mol. The Balaban J connectivity index is 1.73. The summed E-state index contributed by atoms with van der Waals surface area (Å²) in [6, 6.07) is 5.32. The number of nitrogens with one attached hydrogen (secondary N) is 2. The fourth-order valence-corrected chi connectivity index (χ4v) is 2.98. The van der Waals surface area contributed by atoms with Gasteiger partial charge < -0.3 is 16.4 Å². The lowest BCUT2D eigenvalue weighted by Crippen LogP contribution is -2.53. The van der Waals surface area contributed by atoms with Crippen LogP contribution in [-0.4, -0.2) is 30.4 Å². The molecule has 2 unspecified atom stereocenters. The van der Waals surface area contributed by atoms with Gasteiger partial charge in [-0.2, -0.15) is 0 Å². The van der Waals surface area contributed by atoms with Crippen LogP contribution in [0.2, 0.25) is 0 Å². The summed E-state index contributed by atoms with van der Waals surface area (Å²) >= 11 is 0. The van der Waals surface area contributed by atoms with Crippen molar-refractivity contribution in [3.63, 3.8) is 0 Å². The predicted molar refractivity (Wildman–Crippen MR) is 86.3 cm³/mol. The molecule has 5 nitrogen and oxygen atoms in total. The van der Waals surface area contributed by atoms with Crippen LogP contribution >= 0.6 is 0 Å². The van der Waals surface area contributed by atoms with Crippen LogP contribution in [0.15, 0.2) is 24.3 Å². The maximum atomic E-state index is 12.8. The summed E-state index contributed by atoms with van der Waals surface area (Å²) < 4.78 is 12.8. The molecule has 0 spiro atoms. The van der Waals surface area contributed by atoms with Crippen LogP contribution < -0.4 is 16.4 Å². The first-order valence-corrected chi connectivity index (χ1v) is 8.00. The lowest BCUT2D eigenvalue weighted by atomic mass is 9.74. The summed E-state index contributed by atoms with van der Waals surface area (Å²) in [7, 11) is 0. The quantitative estimate of drug-likeness (QED) is 0.720. The van der Waals surface area contributed by atoms with Crippen molar-refractivity contribution in [2.75, 3.05) is 13.1 Å². The summed E-state index contributed by atoms with van der Waals surface area (Å²) in [5.74, 6) is -0.901. The molecular weight excluding hydrogens is 297 g/mol. The van der Waals surface area contributed by atoms with Gasteiger partial charge in [0.15, 0.2) is 0 Å². The van der Waals surface area contributed by atoms with Gasteiger partial charge in [-0.05, 0) is 44.0 Å². The van der Waals surface area contributed by atoms with Gasteiger partial charge in [-0.25, -0.2) is 4.39 Å². The number of benzene rings is 1. The molecular formula is C17H24FN3O2. The van der Waals surface area contributed by atoms with E-state index >= 15 is 0 Å². The summed E-state index contributed by atoms with van der Waals surface area (Å²) in [5, 5.41) is 5.52. The zero-order valence-electron chi connectivity index (χ0n) is 13.4. The Hall–Kier alpha value is -1.95. The minimum Gasteiger partial charge on any atom is -0.354 e. The van der Waals surface area contributed by atoms with Gasteiger partial charge in [-0.1, -0.05) is 12.8 Å². The number of carbonyl (C=O) groups is 2. The number of nitrogens with two attached hydrogens (primary N) is 1. The first-order valence-electron chi connectivity index (χ1n) is 8.00. The van der Waals surface area contributed by atoms with E-state index in [1.54, 1.807) is 0 Å². The lowest BCUT2D eigenvalue weighted by Gasteiger charge is -2.37. The first kappa shape index (κ1) is 17.4. The van der Waals surface area contributed by atoms with Gasteiger partial charge in [-0.15, -0.1) is 0 Å². The standard InChI is InChI=1S/C17H24FN3O2/c1-17(19)9-3-2-4-14(17)16(23)21-11-10-20-15(22)12-5-7-13(18)8-6-12/h5-8,14H,2-4,9-11,19H2,1H3,(H,20,22)(H,21,23). The molecule has 6 heteroatoms. The number of hydrogen-bond donors (Lipinski definition) is 3. The third-order valence-electron chi connectivity index (χ3n) is 4.39. The van der Waals surface area contributed by atoms with E-state index in [0.29, 0.717) is 18.7 Å². The Morgan fingerprint density at radius 3 is 2.52 bits per heavy atom. The second kappa shape index (κ2) is 7.55. The fourth-order valence-electron chi connectivity index (χ4n) is 2.98. The molecule has 0 aromatic heterocycles. The van der Waals surface area contributed by atoms with Crippen LogP contribution in [0.25, 0.3) is 0 Å². The number of amides is 2. The summed E-state index contributed by atoms with van der Waals surface area (Å²) in [4.78, 5) is 24.1. The Labute approximate surface area is 135 Å². The highest BCUT2D eigenvalue weighted by Gasteiger charge is 2.37. The van der Waals surface area contributed by atoms with Crippen molar-refractivity contribution in [3.8, 4) is 0 Å². The van der Waals surface area contributed by atoms with Gasteiger partial charge in [0.2, 0.25) is 5.91 Å². The smallest absolute Gasteiger partial charge is 0.251 e. The van der Waals surface area contributed by atoms with Crippen LogP contribution in [-0.2, 0) is 4.79 Å². The molecule has 1 fully saturated rings. The molecule has 1 aromatic rings. The first-order chi connectivity index (χ1) is 10.9. The molecule has 1 aromatic carbocycles. The topological polar surface area (TPSA) is 84.2 Å². The van der Waals surface area contributed by atoms with E-state index in [-0.39, 0.29) is 23.5 Å². The van der Waals surface area contributed by atoms with Crippen LogP contribution in [0.1, 0.15) is 43.0 Å². The van der Waals surface area contributed by atoms with Crippen molar-refractivity contribution in [1.82, 2.24) is 10.6 Å². The van der Waals surface area contributed by atoms with Crippen LogP contribution in [0.4, 0.5) is 4.39 Å². The van der Waals surface area contributed by atoms with Crippen molar-refractivity contribution < 1.29 is 14.0 Å². The average Bonchev–Trinajstić information content (AvgIpc) is 2.51. The summed E-state index contributed by atoms with van der Waals surface area (Å²) in [6.07, 6.45) is 3.74. The maximum absolute atomic E-state index is 12.8. The molecule has 2 atom stereocenters. The number of halogens is 1. The van der Waals surface area contributed by atoms with E-state index < -0.39 is 5.54 Å². The fraction of sp³-hybridized carbons (Fsp3) is 0.529. The lowest BCUT2D eigenvalue weighted by molar-refractivity contribution is -0.128. The molecule has 0 heterocycles. The Morgan fingerprint density at radius 2 is 1.87 bits per heavy atom. The SMILES string of the molecule is CC1(N)CCCCC1C(=O)NCCNC(=O)c1ccc(F)cc1. The van der Waals surface area contributed by atoms with E-state index in [1.165, 1.54) is 24.3 Å². The average molecular weight is 321 g/mol. The number of hydrogen-bond acceptors (Lipinski definition) is 3. The molecule has 23 heavy (non-hydrogen) atoms. The third kappa shape index (κ3) is 4.76. The van der Waals surface area contributed by atoms with Gasteiger partial charge in [0.1, 0.15) is 5.82 Å². The van der Waals surface area contributed by atoms with Crippen molar-refractivity contribution in [2.24, 2.45) is 11.7 Å². The minimum atomic E-state index is -0.459. The third-order valence-corrected chi connectivity index (χ3v) is 4.39. The zero-order chi connectivity index (χ0) is 16.9. The molecule has 0 saturated heterocycles. The van der Waals surface area contributed by atoms with Crippen LogP contribution in [0.5, 0.6) is 0 Å². The Bertz CT molecular complexity index is 557. The van der Waals surface area contributed by atoms with Gasteiger partial charge in [0.05, 0.1) is 5.92 Å². The van der Waals surface area contributed by atoms with Crippen LogP contribution in [0, 0.1) is 11.7 Å². The van der Waals surface area contributed by atoms with Crippen molar-refractivity contribution in [1.29, 1.82) is 0 Å². The molecule has 1 aliphatic rings. The van der Waals surface area contributed by atoms with Gasteiger partial charge in [-0.3, -0.25) is 9.59 Å². The van der Waals surface area contributed by atoms with Crippen molar-refractivity contribution >= 4 is 11.8 Å². The Morgan fingerprint density at radius 1 is 1.22 bits per heavy atom. The van der Waals surface area contributed by atoms with E-state index in [0.717, 1.165) is 25.7 Å². The highest BCUT2D eigenvalue weighted by Crippen LogP contribution is 2.31. The molecule has 0 aliphatic heterocycles. The second-order valence-corrected chi connectivity index (χ2v) is 6.36. The highest BCUT2D eigenvalue weighted by molar-refractivity contribution is 5.94. The van der Waals surface area contributed by atoms with E-state index in [4.69, 9.17) is 5.73 Å². The molecule has 2 rings (SSSR count). The van der Waals surface area contributed by atoms with E-state index in [2.05, 4.69) is 10.6 Å². The maximum Gasteiger partial charge on any atom is 0.251 e. The molecule has 2 amide bonds. The molecule has 4 N–H and O–H groups in total. The van der Waals surface area contributed by atoms with E-state index in [9.17, 15) is 14.0 Å². The van der Waals surface area contributed by atoms with Gasteiger partial charge in [0.25, 0.3) is 5.91 Å². The van der Waals surface area contributed by atoms with Crippen molar-refractivity contribution in [2.45, 2.75) is 38.1 Å². The number of rotatable bonds is 5. The normalized spacial score (nSPS) is 24.0. The van der Waals surface area contributed by atoms with Crippen molar-refractivity contribution in [3.05, 3.63) is 35.6 Å². The van der Waals surface area contributed by atoms with E-state index in [1.807, 2.05) is 6.92 Å². The summed E-state index contributed by atoms with van der Waals surface area (Å²) in [5.41, 5.74) is 6.13. The summed E-state index contributed by atoms with van der Waals surface area (Å²) in [6.45, 7) is 2.58. The number of carbonyl (C=O) groups excluding carboxylic acids is 2. The largest absolute Gasteiger partial charge is 0.354 e. The second-order valence-electron chi connectivity index (χ2n) is 6.36. The van der Waals surface area contributed by atoms with Crippen LogP contribution in [0.3, 0.4) is 0 Å². The minimum absolute atomic E-state index is 0.0502. The molecule has 0 bridgehead atoms.